The number of nitrogens with two attached hydrogens (primary N) is 1. The number of hydrogen-bond acceptors (Lipinski definition) is 4. The number of nitrogens with zero attached hydrogens (tertiary/aromatic N) is 2. The first-order chi connectivity index (χ1) is 9.13. The van der Waals surface area contributed by atoms with Crippen molar-refractivity contribution < 1.29 is 9.90 Å². The molecular formula is C13H22N4O2. The first kappa shape index (κ1) is 13.9. The van der Waals surface area contributed by atoms with E-state index in [4.69, 9.17) is 5.73 Å². The molecule has 0 unspecified atom stereocenters. The van der Waals surface area contributed by atoms with E-state index in [-0.39, 0.29) is 24.5 Å². The summed E-state index contributed by atoms with van der Waals surface area (Å²) < 4.78 is 1.51. The van der Waals surface area contributed by atoms with E-state index < -0.39 is 0 Å². The number of aliphatic hydroxyl groups is 1. The summed E-state index contributed by atoms with van der Waals surface area (Å²) >= 11 is 0. The van der Waals surface area contributed by atoms with Crippen LogP contribution in [0.5, 0.6) is 0 Å². The molecule has 1 aliphatic rings. The predicted octanol–water partition coefficient (Wildman–Crippen LogP) is 0.524. The van der Waals surface area contributed by atoms with Crippen molar-refractivity contribution in [2.24, 2.45) is 5.41 Å². The lowest BCUT2D eigenvalue weighted by atomic mass is 9.74. The van der Waals surface area contributed by atoms with Gasteiger partial charge >= 0.3 is 0 Å². The maximum absolute atomic E-state index is 11.8. The number of aromatic nitrogens is 2. The van der Waals surface area contributed by atoms with Gasteiger partial charge in [0.2, 0.25) is 5.91 Å². The topological polar surface area (TPSA) is 93.2 Å². The first-order valence-electron chi connectivity index (χ1n) is 6.80. The van der Waals surface area contributed by atoms with Crippen LogP contribution in [0.15, 0.2) is 12.3 Å². The Morgan fingerprint density at radius 1 is 1.47 bits per heavy atom. The van der Waals surface area contributed by atoms with Crippen LogP contribution >= 0.6 is 0 Å². The lowest BCUT2D eigenvalue weighted by Crippen LogP contribution is -2.42. The van der Waals surface area contributed by atoms with Gasteiger partial charge in [0.15, 0.2) is 0 Å². The normalized spacial score (nSPS) is 18.2. The van der Waals surface area contributed by atoms with Crippen LogP contribution in [-0.2, 0) is 11.3 Å². The largest absolute Gasteiger partial charge is 0.396 e. The van der Waals surface area contributed by atoms with E-state index >= 15 is 0 Å². The molecule has 0 saturated heterocycles. The second kappa shape index (κ2) is 6.06. The van der Waals surface area contributed by atoms with Crippen LogP contribution in [0.4, 0.5) is 5.82 Å². The number of nitrogens with one attached hydrogen (secondary N) is 1. The molecule has 1 aliphatic carbocycles. The number of carbonyl (C=O) groups excluding carboxylic acids is 1. The van der Waals surface area contributed by atoms with Crippen LogP contribution in [0, 0.1) is 5.41 Å². The number of nitrogen functional groups attached to an aromatic ring is 1. The summed E-state index contributed by atoms with van der Waals surface area (Å²) in [7, 11) is 0. The van der Waals surface area contributed by atoms with E-state index in [1.165, 1.54) is 11.1 Å². The van der Waals surface area contributed by atoms with Crippen molar-refractivity contribution in [1.29, 1.82) is 0 Å². The molecule has 1 heterocycles. The smallest absolute Gasteiger partial charge is 0.241 e. The molecule has 1 aromatic rings. The fraction of sp³-hybridized carbons (Fsp3) is 0.692. The molecular weight excluding hydrogens is 244 g/mol. The summed E-state index contributed by atoms with van der Waals surface area (Å²) in [4.78, 5) is 11.8. The Balaban J connectivity index is 1.82. The van der Waals surface area contributed by atoms with Gasteiger partial charge < -0.3 is 16.2 Å². The highest BCUT2D eigenvalue weighted by Gasteiger charge is 2.31. The molecule has 0 aliphatic heterocycles. The minimum absolute atomic E-state index is 0.0958. The number of hydrogen-bond donors (Lipinski definition) is 3. The van der Waals surface area contributed by atoms with Crippen LogP contribution in [0.25, 0.3) is 0 Å². The van der Waals surface area contributed by atoms with Crippen molar-refractivity contribution in [3.63, 3.8) is 0 Å². The van der Waals surface area contributed by atoms with Crippen LogP contribution in [0.3, 0.4) is 0 Å². The van der Waals surface area contributed by atoms with Crippen LogP contribution < -0.4 is 11.1 Å². The monoisotopic (exact) mass is 266 g/mol. The zero-order valence-electron chi connectivity index (χ0n) is 11.1. The number of carbonyl (C=O) groups is 1. The molecule has 0 bridgehead atoms. The zero-order chi connectivity index (χ0) is 13.7. The fourth-order valence-corrected chi connectivity index (χ4v) is 2.65. The highest BCUT2D eigenvalue weighted by molar-refractivity contribution is 5.75. The second-order valence-electron chi connectivity index (χ2n) is 5.43. The molecule has 106 valence electrons. The van der Waals surface area contributed by atoms with Gasteiger partial charge in [-0.05, 0) is 18.9 Å². The third-order valence-electron chi connectivity index (χ3n) is 3.88. The Morgan fingerprint density at radius 3 is 2.79 bits per heavy atom. The third kappa shape index (κ3) is 3.70. The summed E-state index contributed by atoms with van der Waals surface area (Å²) in [5, 5.41) is 16.4. The van der Waals surface area contributed by atoms with Gasteiger partial charge in [0.05, 0.1) is 6.61 Å². The van der Waals surface area contributed by atoms with Gasteiger partial charge in [0.1, 0.15) is 12.4 Å². The molecule has 2 rings (SSSR count). The Kier molecular flexibility index (Phi) is 4.42. The van der Waals surface area contributed by atoms with Crippen molar-refractivity contribution >= 4 is 11.7 Å². The van der Waals surface area contributed by atoms with Crippen molar-refractivity contribution in [3.05, 3.63) is 12.3 Å². The van der Waals surface area contributed by atoms with Gasteiger partial charge in [-0.15, -0.1) is 0 Å². The average Bonchev–Trinajstić information content (AvgIpc) is 2.83. The van der Waals surface area contributed by atoms with E-state index in [1.54, 1.807) is 12.3 Å². The van der Waals surface area contributed by atoms with E-state index in [1.807, 2.05) is 0 Å². The maximum atomic E-state index is 11.8. The molecule has 1 amide bonds. The molecule has 6 nitrogen and oxygen atoms in total. The lowest BCUT2D eigenvalue weighted by molar-refractivity contribution is -0.122. The van der Waals surface area contributed by atoms with Crippen molar-refractivity contribution in [2.75, 3.05) is 18.9 Å². The minimum atomic E-state index is -0.128. The lowest BCUT2D eigenvalue weighted by Gasteiger charge is -2.35. The highest BCUT2D eigenvalue weighted by atomic mass is 16.3. The van der Waals surface area contributed by atoms with Crippen LogP contribution in [-0.4, -0.2) is 33.9 Å². The van der Waals surface area contributed by atoms with Crippen LogP contribution in [0.1, 0.15) is 32.1 Å². The van der Waals surface area contributed by atoms with Crippen molar-refractivity contribution in [2.45, 2.75) is 38.6 Å². The van der Waals surface area contributed by atoms with E-state index in [9.17, 15) is 9.90 Å². The Hall–Kier alpha value is -1.56. The van der Waals surface area contributed by atoms with Crippen molar-refractivity contribution in [1.82, 2.24) is 15.1 Å². The summed E-state index contributed by atoms with van der Waals surface area (Å²) in [5.41, 5.74) is 5.36. The average molecular weight is 266 g/mol. The summed E-state index contributed by atoms with van der Waals surface area (Å²) in [6.07, 6.45) is 7.13. The standard InChI is InChI=1S/C13H22N4O2/c14-11-4-7-17(16-11)8-12(19)15-9-13(10-18)5-2-1-3-6-13/h4,7,18H,1-3,5-6,8-10H2,(H2,14,16)(H,15,19). The zero-order valence-corrected chi connectivity index (χ0v) is 11.1. The molecule has 6 heteroatoms. The van der Waals surface area contributed by atoms with E-state index in [0.29, 0.717) is 12.4 Å². The quantitative estimate of drug-likeness (QED) is 0.724. The van der Waals surface area contributed by atoms with Gasteiger partial charge in [-0.25, -0.2) is 0 Å². The van der Waals surface area contributed by atoms with Gasteiger partial charge in [0.25, 0.3) is 0 Å². The predicted molar refractivity (Wildman–Crippen MR) is 72.3 cm³/mol. The number of amides is 1. The molecule has 0 radical (unpaired) electrons. The third-order valence-corrected chi connectivity index (χ3v) is 3.88. The molecule has 1 fully saturated rings. The summed E-state index contributed by atoms with van der Waals surface area (Å²) in [5.74, 6) is 0.313. The number of anilines is 1. The molecule has 4 N–H and O–H groups in total. The Bertz CT molecular complexity index is 424. The van der Waals surface area contributed by atoms with E-state index in [2.05, 4.69) is 10.4 Å². The molecule has 0 spiro atoms. The molecule has 0 aromatic carbocycles. The fourth-order valence-electron chi connectivity index (χ4n) is 2.65. The SMILES string of the molecule is Nc1ccn(CC(=O)NCC2(CO)CCCCC2)n1. The molecule has 19 heavy (non-hydrogen) atoms. The van der Waals surface area contributed by atoms with E-state index in [0.717, 1.165) is 25.7 Å². The van der Waals surface area contributed by atoms with Crippen molar-refractivity contribution in [3.8, 4) is 0 Å². The maximum Gasteiger partial charge on any atom is 0.241 e. The Labute approximate surface area is 113 Å². The Morgan fingerprint density at radius 2 is 2.21 bits per heavy atom. The van der Waals surface area contributed by atoms with Crippen LogP contribution in [0.2, 0.25) is 0 Å². The number of aliphatic hydroxyl groups excluding tert-OH is 1. The first-order valence-corrected chi connectivity index (χ1v) is 6.80. The second-order valence-corrected chi connectivity index (χ2v) is 5.43. The molecule has 0 atom stereocenters. The summed E-state index contributed by atoms with van der Waals surface area (Å²) in [6, 6.07) is 1.66. The summed E-state index contributed by atoms with van der Waals surface area (Å²) in [6.45, 7) is 0.847. The molecule has 1 aromatic heterocycles. The minimum Gasteiger partial charge on any atom is -0.396 e. The van der Waals surface area contributed by atoms with Gasteiger partial charge in [-0.2, -0.15) is 5.10 Å². The van der Waals surface area contributed by atoms with Gasteiger partial charge in [0, 0.05) is 18.2 Å². The molecule has 1 saturated carbocycles. The van der Waals surface area contributed by atoms with Gasteiger partial charge in [-0.1, -0.05) is 19.3 Å². The van der Waals surface area contributed by atoms with Gasteiger partial charge in [-0.3, -0.25) is 9.48 Å². The number of rotatable bonds is 5. The highest BCUT2D eigenvalue weighted by Crippen LogP contribution is 2.35.